The molecule has 4 rings (SSSR count). The summed E-state index contributed by atoms with van der Waals surface area (Å²) in [6.07, 6.45) is 3.62. The van der Waals surface area contributed by atoms with Crippen LogP contribution in [0.2, 0.25) is 0 Å². The van der Waals surface area contributed by atoms with Gasteiger partial charge in [-0.05, 0) is 67.2 Å². The highest BCUT2D eigenvalue weighted by Crippen LogP contribution is 2.37. The zero-order chi connectivity index (χ0) is 27.8. The molecule has 9 nitrogen and oxygen atoms in total. The third-order valence-electron chi connectivity index (χ3n) is 7.20. The number of carbonyl (C=O) groups excluding carboxylic acids is 1. The smallest absolute Gasteiger partial charge is 0.221 e. The molecule has 212 valence electrons. The highest BCUT2D eigenvalue weighted by Gasteiger charge is 2.30. The summed E-state index contributed by atoms with van der Waals surface area (Å²) in [7, 11) is 0.581. The van der Waals surface area contributed by atoms with Crippen LogP contribution in [-0.4, -0.2) is 94.4 Å². The summed E-state index contributed by atoms with van der Waals surface area (Å²) in [5.41, 5.74) is 10.6. The minimum absolute atomic E-state index is 0.0284. The molecule has 0 radical (unpaired) electrons. The molecule has 1 saturated heterocycles. The SMILES string of the molecule is CN(C)CCOCCOCCS(=O)(=O)N1CCC(c2c[nH]c3c(CC(N)=O)cc(-c4ccccc4)cc23)CC1. The third-order valence-corrected chi connectivity index (χ3v) is 9.04. The molecule has 10 heteroatoms. The lowest BCUT2D eigenvalue weighted by molar-refractivity contribution is -0.117. The van der Waals surface area contributed by atoms with Crippen LogP contribution in [0.4, 0.5) is 0 Å². The minimum Gasteiger partial charge on any atom is -0.378 e. The summed E-state index contributed by atoms with van der Waals surface area (Å²) < 4.78 is 38.4. The van der Waals surface area contributed by atoms with Crippen LogP contribution < -0.4 is 5.73 Å². The first kappa shape index (κ1) is 29.2. The Labute approximate surface area is 231 Å². The van der Waals surface area contributed by atoms with Gasteiger partial charge in [0.2, 0.25) is 15.9 Å². The number of likely N-dealkylation sites (N-methyl/N-ethyl adjacent to an activating group) is 1. The van der Waals surface area contributed by atoms with E-state index < -0.39 is 10.0 Å². The zero-order valence-electron chi connectivity index (χ0n) is 22.9. The average molecular weight is 557 g/mol. The lowest BCUT2D eigenvalue weighted by Crippen LogP contribution is -2.40. The molecule has 1 aliphatic rings. The largest absolute Gasteiger partial charge is 0.378 e. The Balaban J connectivity index is 1.37. The van der Waals surface area contributed by atoms with Gasteiger partial charge in [0, 0.05) is 36.7 Å². The Morgan fingerprint density at radius 2 is 1.72 bits per heavy atom. The molecule has 1 aromatic heterocycles. The molecule has 0 atom stereocenters. The fourth-order valence-electron chi connectivity index (χ4n) is 5.10. The Kier molecular flexibility index (Phi) is 10.1. The fraction of sp³-hybridized carbons (Fsp3) is 0.483. The van der Waals surface area contributed by atoms with Gasteiger partial charge in [0.25, 0.3) is 0 Å². The lowest BCUT2D eigenvalue weighted by atomic mass is 9.88. The molecule has 3 aromatic rings. The molecule has 2 heterocycles. The first-order valence-electron chi connectivity index (χ1n) is 13.5. The van der Waals surface area contributed by atoms with Crippen LogP contribution in [-0.2, 0) is 30.7 Å². The molecule has 0 unspecified atom stereocenters. The van der Waals surface area contributed by atoms with Crippen molar-refractivity contribution in [3.63, 3.8) is 0 Å². The molecule has 0 aliphatic carbocycles. The second kappa shape index (κ2) is 13.5. The number of nitrogens with zero attached hydrogens (tertiary/aromatic N) is 2. The molecule has 39 heavy (non-hydrogen) atoms. The number of sulfonamides is 1. The van der Waals surface area contributed by atoms with Crippen molar-refractivity contribution in [2.24, 2.45) is 5.73 Å². The van der Waals surface area contributed by atoms with Gasteiger partial charge in [0.05, 0.1) is 38.6 Å². The highest BCUT2D eigenvalue weighted by atomic mass is 32.2. The second-order valence-electron chi connectivity index (χ2n) is 10.3. The standard InChI is InChI=1S/C29H40N4O5S/c1-32(2)12-13-37-14-15-38-16-17-39(35,36)33-10-8-23(9-11-33)27-21-31-29-25(20-28(30)34)18-24(19-26(27)29)22-6-4-3-5-7-22/h3-7,18-19,21,23,31H,8-17,20H2,1-2H3,(H2,30,34). The van der Waals surface area contributed by atoms with Gasteiger partial charge in [-0.15, -0.1) is 0 Å². The number of hydrogen-bond acceptors (Lipinski definition) is 6. The molecule has 1 aliphatic heterocycles. The van der Waals surface area contributed by atoms with Gasteiger partial charge in [-0.2, -0.15) is 0 Å². The number of fused-ring (bicyclic) bond motifs is 1. The van der Waals surface area contributed by atoms with E-state index in [4.69, 9.17) is 15.2 Å². The van der Waals surface area contributed by atoms with Gasteiger partial charge >= 0.3 is 0 Å². The summed E-state index contributed by atoms with van der Waals surface area (Å²) >= 11 is 0. The maximum absolute atomic E-state index is 12.9. The van der Waals surface area contributed by atoms with Crippen molar-refractivity contribution < 1.29 is 22.7 Å². The predicted molar refractivity (Wildman–Crippen MR) is 154 cm³/mol. The van der Waals surface area contributed by atoms with E-state index in [9.17, 15) is 13.2 Å². The molecular weight excluding hydrogens is 516 g/mol. The van der Waals surface area contributed by atoms with Crippen LogP contribution in [0.5, 0.6) is 0 Å². The van der Waals surface area contributed by atoms with E-state index in [2.05, 4.69) is 11.1 Å². The second-order valence-corrected chi connectivity index (χ2v) is 12.4. The fourth-order valence-corrected chi connectivity index (χ4v) is 6.45. The zero-order valence-corrected chi connectivity index (χ0v) is 23.7. The Bertz CT molecular complexity index is 1330. The maximum atomic E-state index is 12.9. The van der Waals surface area contributed by atoms with E-state index in [0.717, 1.165) is 52.5 Å². The van der Waals surface area contributed by atoms with E-state index in [0.29, 0.717) is 32.9 Å². The monoisotopic (exact) mass is 556 g/mol. The molecule has 0 spiro atoms. The van der Waals surface area contributed by atoms with Crippen LogP contribution in [0.15, 0.2) is 48.7 Å². The van der Waals surface area contributed by atoms with Crippen molar-refractivity contribution in [2.45, 2.75) is 25.2 Å². The van der Waals surface area contributed by atoms with E-state index in [1.165, 1.54) is 0 Å². The summed E-state index contributed by atoms with van der Waals surface area (Å²) in [5, 5.41) is 1.06. The Hall–Kier alpha value is -2.76. The number of aromatic nitrogens is 1. The van der Waals surface area contributed by atoms with Crippen molar-refractivity contribution in [2.75, 3.05) is 65.9 Å². The molecule has 1 fully saturated rings. The van der Waals surface area contributed by atoms with Crippen molar-refractivity contribution in [1.29, 1.82) is 0 Å². The molecule has 1 amide bonds. The van der Waals surface area contributed by atoms with E-state index >= 15 is 0 Å². The number of H-pyrrole nitrogens is 1. The normalized spacial score (nSPS) is 15.4. The van der Waals surface area contributed by atoms with E-state index in [-0.39, 0.29) is 30.6 Å². The number of carbonyl (C=O) groups is 1. The number of rotatable bonds is 14. The minimum atomic E-state index is -3.39. The van der Waals surface area contributed by atoms with Crippen molar-refractivity contribution in [3.05, 3.63) is 59.8 Å². The van der Waals surface area contributed by atoms with E-state index in [1.54, 1.807) is 4.31 Å². The average Bonchev–Trinajstić information content (AvgIpc) is 3.35. The van der Waals surface area contributed by atoms with Crippen LogP contribution in [0, 0.1) is 0 Å². The van der Waals surface area contributed by atoms with Gasteiger partial charge in [0.15, 0.2) is 0 Å². The third kappa shape index (κ3) is 7.89. The number of aromatic amines is 1. The molecule has 3 N–H and O–H groups in total. The number of piperidine rings is 1. The van der Waals surface area contributed by atoms with Crippen LogP contribution in [0.3, 0.4) is 0 Å². The highest BCUT2D eigenvalue weighted by molar-refractivity contribution is 7.89. The topological polar surface area (TPSA) is 118 Å². The summed E-state index contributed by atoms with van der Waals surface area (Å²) in [6.45, 7) is 3.41. The predicted octanol–water partition coefficient (Wildman–Crippen LogP) is 2.97. The van der Waals surface area contributed by atoms with Gasteiger partial charge in [-0.1, -0.05) is 30.3 Å². The van der Waals surface area contributed by atoms with Crippen LogP contribution >= 0.6 is 0 Å². The summed E-state index contributed by atoms with van der Waals surface area (Å²) in [5.74, 6) is -0.190. The number of ether oxygens (including phenoxy) is 2. The van der Waals surface area contributed by atoms with Crippen molar-refractivity contribution in [3.8, 4) is 11.1 Å². The number of nitrogens with two attached hydrogens (primary N) is 1. The number of primary amides is 1. The van der Waals surface area contributed by atoms with Crippen molar-refractivity contribution >= 4 is 26.8 Å². The summed E-state index contributed by atoms with van der Waals surface area (Å²) in [4.78, 5) is 17.2. The quantitative estimate of drug-likeness (QED) is 0.295. The van der Waals surface area contributed by atoms with Gasteiger partial charge in [-0.25, -0.2) is 12.7 Å². The number of benzene rings is 2. The number of hydrogen-bond donors (Lipinski definition) is 2. The molecule has 0 bridgehead atoms. The van der Waals surface area contributed by atoms with Crippen molar-refractivity contribution in [1.82, 2.24) is 14.2 Å². The Morgan fingerprint density at radius 3 is 2.38 bits per heavy atom. The van der Waals surface area contributed by atoms with Gasteiger partial charge in [-0.3, -0.25) is 4.79 Å². The first-order valence-corrected chi connectivity index (χ1v) is 15.1. The molecule has 0 saturated carbocycles. The maximum Gasteiger partial charge on any atom is 0.221 e. The number of nitrogens with one attached hydrogen (secondary N) is 1. The van der Waals surface area contributed by atoms with Crippen LogP contribution in [0.25, 0.3) is 22.0 Å². The number of amides is 1. The molecule has 2 aromatic carbocycles. The van der Waals surface area contributed by atoms with Gasteiger partial charge < -0.3 is 25.1 Å². The van der Waals surface area contributed by atoms with E-state index in [1.807, 2.05) is 61.6 Å². The van der Waals surface area contributed by atoms with Crippen LogP contribution in [0.1, 0.15) is 29.9 Å². The summed E-state index contributed by atoms with van der Waals surface area (Å²) in [6, 6.07) is 14.2. The lowest BCUT2D eigenvalue weighted by Gasteiger charge is -2.31. The molecular formula is C29H40N4O5S. The first-order chi connectivity index (χ1) is 18.7. The van der Waals surface area contributed by atoms with Gasteiger partial charge in [0.1, 0.15) is 0 Å². The Morgan fingerprint density at radius 1 is 1.03 bits per heavy atom.